The first kappa shape index (κ1) is 22.8. The Balaban J connectivity index is 2.44. The van der Waals surface area contributed by atoms with Gasteiger partial charge in [0, 0.05) is 43.9 Å². The molecule has 3 unspecified atom stereocenters. The molecule has 9 nitrogen and oxygen atoms in total. The van der Waals surface area contributed by atoms with Crippen molar-refractivity contribution in [2.24, 2.45) is 0 Å². The van der Waals surface area contributed by atoms with E-state index in [0.717, 1.165) is 14.2 Å². The van der Waals surface area contributed by atoms with Gasteiger partial charge in [-0.25, -0.2) is 0 Å². The summed E-state index contributed by atoms with van der Waals surface area (Å²) in [7, 11) is 2.29. The van der Waals surface area contributed by atoms with Crippen LogP contribution in [0.15, 0.2) is 30.4 Å². The zero-order valence-electron chi connectivity index (χ0n) is 17.6. The first-order valence-corrected chi connectivity index (χ1v) is 9.57. The van der Waals surface area contributed by atoms with Crippen LogP contribution in [0, 0.1) is 6.92 Å². The summed E-state index contributed by atoms with van der Waals surface area (Å²) in [6.45, 7) is 8.47. The number of amides is 1. The number of hydrogen-bond acceptors (Lipinski definition) is 8. The zero-order chi connectivity index (χ0) is 23.3. The quantitative estimate of drug-likeness (QED) is 0.471. The number of hydrogen-bond donors (Lipinski definition) is 4. The van der Waals surface area contributed by atoms with Crippen LogP contribution in [0.1, 0.15) is 27.0 Å². The van der Waals surface area contributed by atoms with Crippen molar-refractivity contribution >= 4 is 17.5 Å². The molecule has 0 spiro atoms. The lowest BCUT2D eigenvalue weighted by atomic mass is 9.56. The van der Waals surface area contributed by atoms with Crippen LogP contribution >= 0.6 is 0 Å². The molecular weight excluding hydrogens is 406 g/mol. The number of benzene rings is 1. The highest BCUT2D eigenvalue weighted by Gasteiger charge is 2.73. The molecule has 0 saturated heterocycles. The summed E-state index contributed by atoms with van der Waals surface area (Å²) in [6.07, 6.45) is -1.67. The van der Waals surface area contributed by atoms with Gasteiger partial charge in [-0.3, -0.25) is 14.4 Å². The largest absolute Gasteiger partial charge is 0.507 e. The molecule has 1 aromatic carbocycles. The summed E-state index contributed by atoms with van der Waals surface area (Å²) in [5.74, 6) is -2.89. The van der Waals surface area contributed by atoms with Gasteiger partial charge in [0.15, 0.2) is 11.2 Å². The van der Waals surface area contributed by atoms with Crippen LogP contribution in [-0.4, -0.2) is 71.9 Å². The lowest BCUT2D eigenvalue weighted by Crippen LogP contribution is -2.74. The Hall–Kier alpha value is -2.85. The monoisotopic (exact) mass is 431 g/mol. The maximum absolute atomic E-state index is 13.6. The van der Waals surface area contributed by atoms with Gasteiger partial charge in [-0.15, -0.1) is 0 Å². The molecule has 3 rings (SSSR count). The van der Waals surface area contributed by atoms with Gasteiger partial charge in [0.25, 0.3) is 5.91 Å². The van der Waals surface area contributed by atoms with E-state index in [1.165, 1.54) is 6.07 Å². The Morgan fingerprint density at radius 3 is 2.39 bits per heavy atom. The van der Waals surface area contributed by atoms with E-state index in [1.54, 1.807) is 6.92 Å². The van der Waals surface area contributed by atoms with Gasteiger partial charge in [0.1, 0.15) is 5.75 Å². The van der Waals surface area contributed by atoms with E-state index < -0.39 is 40.5 Å². The normalized spacial score (nSPS) is 27.7. The SMILES string of the molecule is C=C1C(=C)C(=O)C2(OC)C(O)Cc3cc(C)c(C(=O)NCCO)c(O)c3C2(OC)C1=O. The molecule has 9 heteroatoms. The standard InChI is InChI=1S/C22H25NO8/c1-10-8-13-9-14(25)21(30-4)18(27)11(2)12(3)19(28)22(21,31-5)16(13)17(26)15(10)20(29)23-6-7-24/h8,14,24-26H,2-3,6-7,9H2,1,4-5H3,(H,23,29). The molecular formula is C22H25NO8. The lowest BCUT2D eigenvalue weighted by molar-refractivity contribution is -0.228. The Kier molecular flexibility index (Phi) is 5.66. The Bertz CT molecular complexity index is 1030. The van der Waals surface area contributed by atoms with Crippen LogP contribution in [0.4, 0.5) is 0 Å². The molecule has 2 aliphatic carbocycles. The predicted molar refractivity (Wildman–Crippen MR) is 109 cm³/mol. The molecule has 0 heterocycles. The van der Waals surface area contributed by atoms with Gasteiger partial charge < -0.3 is 30.1 Å². The number of carbonyl (C=O) groups is 3. The number of aryl methyl sites for hydroxylation is 1. The van der Waals surface area contributed by atoms with E-state index in [9.17, 15) is 24.6 Å². The highest BCUT2D eigenvalue weighted by molar-refractivity contribution is 6.25. The molecule has 1 amide bonds. The van der Waals surface area contributed by atoms with Crippen molar-refractivity contribution in [1.82, 2.24) is 5.32 Å². The summed E-state index contributed by atoms with van der Waals surface area (Å²) < 4.78 is 11.1. The molecule has 1 fully saturated rings. The minimum atomic E-state index is -2.30. The minimum absolute atomic E-state index is 0.0566. The fourth-order valence-corrected chi connectivity index (χ4v) is 4.76. The van der Waals surface area contributed by atoms with Gasteiger partial charge in [0.2, 0.25) is 11.6 Å². The van der Waals surface area contributed by atoms with Crippen molar-refractivity contribution in [2.75, 3.05) is 27.4 Å². The van der Waals surface area contributed by atoms with Crippen molar-refractivity contribution in [3.8, 4) is 5.75 Å². The van der Waals surface area contributed by atoms with E-state index in [2.05, 4.69) is 18.5 Å². The first-order valence-electron chi connectivity index (χ1n) is 9.57. The molecule has 0 radical (unpaired) electrons. The number of Topliss-reactive ketones (excluding diaryl/α,β-unsaturated/α-hetero) is 2. The summed E-state index contributed by atoms with van der Waals surface area (Å²) in [5.41, 5.74) is -4.62. The molecule has 3 atom stereocenters. The fourth-order valence-electron chi connectivity index (χ4n) is 4.76. The molecule has 0 aliphatic heterocycles. The van der Waals surface area contributed by atoms with Crippen molar-refractivity contribution < 1.29 is 39.2 Å². The Labute approximate surface area is 179 Å². The third-order valence-electron chi connectivity index (χ3n) is 6.16. The molecule has 2 aliphatic rings. The third-order valence-corrected chi connectivity index (χ3v) is 6.16. The summed E-state index contributed by atoms with van der Waals surface area (Å²) in [4.78, 5) is 39.6. The number of aliphatic hydroxyl groups is 2. The van der Waals surface area contributed by atoms with Crippen molar-refractivity contribution in [1.29, 1.82) is 0 Å². The van der Waals surface area contributed by atoms with E-state index in [1.807, 2.05) is 0 Å². The highest BCUT2D eigenvalue weighted by atomic mass is 16.6. The maximum Gasteiger partial charge on any atom is 0.255 e. The van der Waals surface area contributed by atoms with E-state index in [-0.39, 0.29) is 41.8 Å². The number of nitrogens with one attached hydrogen (secondary N) is 1. The molecule has 4 N–H and O–H groups in total. The summed E-state index contributed by atoms with van der Waals surface area (Å²) in [6, 6.07) is 1.54. The maximum atomic E-state index is 13.6. The van der Waals surface area contributed by atoms with E-state index in [0.29, 0.717) is 11.1 Å². The average molecular weight is 431 g/mol. The van der Waals surface area contributed by atoms with Crippen LogP contribution in [0.2, 0.25) is 0 Å². The topological polar surface area (TPSA) is 142 Å². The smallest absolute Gasteiger partial charge is 0.255 e. The predicted octanol–water partition coefficient (Wildman–Crippen LogP) is -0.169. The molecule has 1 aromatic rings. The van der Waals surface area contributed by atoms with Gasteiger partial charge >= 0.3 is 0 Å². The molecule has 166 valence electrons. The fraction of sp³-hybridized carbons (Fsp3) is 0.409. The number of phenols is 1. The van der Waals surface area contributed by atoms with Crippen LogP contribution < -0.4 is 5.32 Å². The second-order valence-corrected chi connectivity index (χ2v) is 7.59. The van der Waals surface area contributed by atoms with Crippen LogP contribution in [0.3, 0.4) is 0 Å². The second kappa shape index (κ2) is 7.69. The van der Waals surface area contributed by atoms with Gasteiger partial charge in [-0.05, 0) is 18.1 Å². The number of aromatic hydroxyl groups is 1. The van der Waals surface area contributed by atoms with Crippen molar-refractivity contribution in [3.63, 3.8) is 0 Å². The number of carbonyl (C=O) groups excluding carboxylic acids is 3. The Morgan fingerprint density at radius 1 is 1.23 bits per heavy atom. The first-order chi connectivity index (χ1) is 14.6. The minimum Gasteiger partial charge on any atom is -0.507 e. The molecule has 0 bridgehead atoms. The third kappa shape index (κ3) is 2.67. The highest BCUT2D eigenvalue weighted by Crippen LogP contribution is 2.56. The average Bonchev–Trinajstić information content (AvgIpc) is 2.73. The molecule has 1 saturated carbocycles. The number of ketones is 2. The lowest BCUT2D eigenvalue weighted by Gasteiger charge is -2.55. The summed E-state index contributed by atoms with van der Waals surface area (Å²) >= 11 is 0. The van der Waals surface area contributed by atoms with Crippen molar-refractivity contribution in [2.45, 2.75) is 30.7 Å². The number of phenolic OH excluding ortho intramolecular Hbond substituents is 1. The zero-order valence-corrected chi connectivity index (χ0v) is 17.6. The molecule has 31 heavy (non-hydrogen) atoms. The van der Waals surface area contributed by atoms with Crippen molar-refractivity contribution in [3.05, 3.63) is 52.6 Å². The van der Waals surface area contributed by atoms with E-state index in [4.69, 9.17) is 14.6 Å². The Morgan fingerprint density at radius 2 is 1.84 bits per heavy atom. The number of fused-ring (bicyclic) bond motifs is 3. The van der Waals surface area contributed by atoms with Crippen LogP contribution in [0.25, 0.3) is 0 Å². The van der Waals surface area contributed by atoms with Gasteiger partial charge in [-0.1, -0.05) is 19.2 Å². The van der Waals surface area contributed by atoms with Gasteiger partial charge in [0.05, 0.1) is 18.3 Å². The van der Waals surface area contributed by atoms with Gasteiger partial charge in [-0.2, -0.15) is 0 Å². The number of aliphatic hydroxyl groups excluding tert-OH is 2. The summed E-state index contributed by atoms with van der Waals surface area (Å²) in [5, 5.41) is 33.7. The van der Waals surface area contributed by atoms with Crippen LogP contribution in [-0.2, 0) is 31.1 Å². The second-order valence-electron chi connectivity index (χ2n) is 7.59. The number of ether oxygens (including phenoxy) is 2. The number of methoxy groups -OCH3 is 2. The number of rotatable bonds is 5. The van der Waals surface area contributed by atoms with Crippen LogP contribution in [0.5, 0.6) is 5.75 Å². The van der Waals surface area contributed by atoms with E-state index >= 15 is 0 Å². The molecule has 0 aromatic heterocycles.